The Morgan fingerprint density at radius 2 is 2.35 bits per heavy atom. The minimum atomic E-state index is -0.174. The molecular formula is C14H20FNO. The summed E-state index contributed by atoms with van der Waals surface area (Å²) < 4.78 is 18.5. The fourth-order valence-corrected chi connectivity index (χ4v) is 2.25. The van der Waals surface area contributed by atoms with E-state index in [9.17, 15) is 4.39 Å². The van der Waals surface area contributed by atoms with E-state index in [-0.39, 0.29) is 5.82 Å². The minimum Gasteiger partial charge on any atom is -0.385 e. The van der Waals surface area contributed by atoms with Gasteiger partial charge in [-0.2, -0.15) is 0 Å². The molecule has 0 bridgehead atoms. The van der Waals surface area contributed by atoms with E-state index >= 15 is 0 Å². The van der Waals surface area contributed by atoms with Gasteiger partial charge in [0.1, 0.15) is 5.82 Å². The van der Waals surface area contributed by atoms with E-state index in [0.29, 0.717) is 6.10 Å². The second-order valence-electron chi connectivity index (χ2n) is 4.66. The van der Waals surface area contributed by atoms with Crippen molar-refractivity contribution in [2.24, 2.45) is 0 Å². The summed E-state index contributed by atoms with van der Waals surface area (Å²) >= 11 is 0. The number of anilines is 1. The second-order valence-corrected chi connectivity index (χ2v) is 4.66. The summed E-state index contributed by atoms with van der Waals surface area (Å²) in [5.41, 5.74) is 1.99. The normalized spacial score (nSPS) is 19.5. The lowest BCUT2D eigenvalue weighted by Gasteiger charge is -2.11. The maximum atomic E-state index is 12.9. The zero-order chi connectivity index (χ0) is 12.1. The van der Waals surface area contributed by atoms with Gasteiger partial charge in [0.25, 0.3) is 0 Å². The Labute approximate surface area is 102 Å². The first-order valence-electron chi connectivity index (χ1n) is 6.37. The molecule has 0 radical (unpaired) electrons. The number of benzene rings is 1. The molecule has 1 heterocycles. The Bertz CT molecular complexity index is 361. The SMILES string of the molecule is Cc1cc(F)ccc1NCCCC1CCCO1. The van der Waals surface area contributed by atoms with Crippen LogP contribution in [0.5, 0.6) is 0 Å². The number of aryl methyl sites for hydroxylation is 1. The predicted octanol–water partition coefficient (Wildman–Crippen LogP) is 3.51. The molecule has 1 saturated heterocycles. The molecule has 17 heavy (non-hydrogen) atoms. The monoisotopic (exact) mass is 237 g/mol. The topological polar surface area (TPSA) is 21.3 Å². The van der Waals surface area contributed by atoms with Crippen LogP contribution in [0.25, 0.3) is 0 Å². The van der Waals surface area contributed by atoms with E-state index in [0.717, 1.165) is 37.2 Å². The van der Waals surface area contributed by atoms with Crippen LogP contribution < -0.4 is 5.32 Å². The molecule has 0 spiro atoms. The van der Waals surface area contributed by atoms with Gasteiger partial charge in [0.15, 0.2) is 0 Å². The van der Waals surface area contributed by atoms with Crippen LogP contribution in [-0.4, -0.2) is 19.3 Å². The summed E-state index contributed by atoms with van der Waals surface area (Å²) in [4.78, 5) is 0. The van der Waals surface area contributed by atoms with Gasteiger partial charge in [-0.05, 0) is 56.4 Å². The highest BCUT2D eigenvalue weighted by molar-refractivity contribution is 5.50. The molecular weight excluding hydrogens is 217 g/mol. The van der Waals surface area contributed by atoms with Gasteiger partial charge in [-0.25, -0.2) is 4.39 Å². The fourth-order valence-electron chi connectivity index (χ4n) is 2.25. The molecule has 1 aromatic carbocycles. The third kappa shape index (κ3) is 3.70. The maximum absolute atomic E-state index is 12.9. The van der Waals surface area contributed by atoms with Gasteiger partial charge in [-0.1, -0.05) is 0 Å². The maximum Gasteiger partial charge on any atom is 0.123 e. The first kappa shape index (κ1) is 12.4. The summed E-state index contributed by atoms with van der Waals surface area (Å²) in [5.74, 6) is -0.174. The lowest BCUT2D eigenvalue weighted by molar-refractivity contribution is 0.103. The highest BCUT2D eigenvalue weighted by Crippen LogP contribution is 2.18. The molecule has 2 rings (SSSR count). The van der Waals surface area contributed by atoms with E-state index in [1.54, 1.807) is 12.1 Å². The highest BCUT2D eigenvalue weighted by atomic mass is 19.1. The van der Waals surface area contributed by atoms with Crippen molar-refractivity contribution in [2.45, 2.75) is 38.7 Å². The molecule has 0 saturated carbocycles. The van der Waals surface area contributed by atoms with Crippen LogP contribution >= 0.6 is 0 Å². The molecule has 2 nitrogen and oxygen atoms in total. The molecule has 1 fully saturated rings. The molecule has 0 aromatic heterocycles. The van der Waals surface area contributed by atoms with Crippen LogP contribution in [0.2, 0.25) is 0 Å². The largest absolute Gasteiger partial charge is 0.385 e. The molecule has 3 heteroatoms. The van der Waals surface area contributed by atoms with E-state index in [2.05, 4.69) is 5.32 Å². The molecule has 1 aliphatic rings. The summed E-state index contributed by atoms with van der Waals surface area (Å²) in [7, 11) is 0. The number of halogens is 1. The van der Waals surface area contributed by atoms with Gasteiger partial charge in [0, 0.05) is 18.8 Å². The Kier molecular flexibility index (Phi) is 4.37. The number of nitrogens with one attached hydrogen (secondary N) is 1. The zero-order valence-corrected chi connectivity index (χ0v) is 10.3. The molecule has 1 N–H and O–H groups in total. The Morgan fingerprint density at radius 3 is 3.06 bits per heavy atom. The summed E-state index contributed by atoms with van der Waals surface area (Å²) in [6.45, 7) is 3.77. The van der Waals surface area contributed by atoms with Crippen LogP contribution in [0.3, 0.4) is 0 Å². The summed E-state index contributed by atoms with van der Waals surface area (Å²) in [6, 6.07) is 4.86. The van der Waals surface area contributed by atoms with Gasteiger partial charge in [0.2, 0.25) is 0 Å². The Morgan fingerprint density at radius 1 is 1.47 bits per heavy atom. The lowest BCUT2D eigenvalue weighted by atomic mass is 10.1. The Hall–Kier alpha value is -1.09. The third-order valence-corrected chi connectivity index (χ3v) is 3.23. The third-order valence-electron chi connectivity index (χ3n) is 3.23. The van der Waals surface area contributed by atoms with Crippen molar-refractivity contribution >= 4 is 5.69 Å². The van der Waals surface area contributed by atoms with Crippen LogP contribution in [-0.2, 0) is 4.74 Å². The standard InChI is InChI=1S/C14H20FNO/c1-11-10-12(15)6-7-14(11)16-8-2-4-13-5-3-9-17-13/h6-7,10,13,16H,2-5,8-9H2,1H3. The summed E-state index contributed by atoms with van der Waals surface area (Å²) in [6.07, 6.45) is 5.09. The molecule has 0 amide bonds. The molecule has 1 aliphatic heterocycles. The highest BCUT2D eigenvalue weighted by Gasteiger charge is 2.14. The summed E-state index contributed by atoms with van der Waals surface area (Å²) in [5, 5.41) is 3.34. The minimum absolute atomic E-state index is 0.174. The second kappa shape index (κ2) is 6.01. The molecule has 1 unspecified atom stereocenters. The first-order valence-corrected chi connectivity index (χ1v) is 6.37. The average molecular weight is 237 g/mol. The van der Waals surface area contributed by atoms with Gasteiger partial charge in [-0.3, -0.25) is 0 Å². The predicted molar refractivity (Wildman–Crippen MR) is 67.8 cm³/mol. The number of rotatable bonds is 5. The number of hydrogen-bond acceptors (Lipinski definition) is 2. The van der Waals surface area contributed by atoms with Crippen molar-refractivity contribution in [3.8, 4) is 0 Å². The molecule has 94 valence electrons. The molecule has 1 atom stereocenters. The van der Waals surface area contributed by atoms with E-state index < -0.39 is 0 Å². The van der Waals surface area contributed by atoms with Crippen molar-refractivity contribution < 1.29 is 9.13 Å². The molecule has 0 aliphatic carbocycles. The number of hydrogen-bond donors (Lipinski definition) is 1. The van der Waals surface area contributed by atoms with Gasteiger partial charge < -0.3 is 10.1 Å². The average Bonchev–Trinajstić information content (AvgIpc) is 2.79. The first-order chi connectivity index (χ1) is 8.25. The van der Waals surface area contributed by atoms with Gasteiger partial charge >= 0.3 is 0 Å². The van der Waals surface area contributed by atoms with Crippen molar-refractivity contribution in [1.29, 1.82) is 0 Å². The van der Waals surface area contributed by atoms with Crippen LogP contribution in [0, 0.1) is 12.7 Å². The molecule has 1 aromatic rings. The van der Waals surface area contributed by atoms with Crippen LogP contribution in [0.4, 0.5) is 10.1 Å². The zero-order valence-electron chi connectivity index (χ0n) is 10.3. The van der Waals surface area contributed by atoms with Crippen molar-refractivity contribution in [1.82, 2.24) is 0 Å². The van der Waals surface area contributed by atoms with Crippen molar-refractivity contribution in [3.63, 3.8) is 0 Å². The fraction of sp³-hybridized carbons (Fsp3) is 0.571. The van der Waals surface area contributed by atoms with E-state index in [1.165, 1.54) is 18.9 Å². The lowest BCUT2D eigenvalue weighted by Crippen LogP contribution is -2.09. The van der Waals surface area contributed by atoms with Gasteiger partial charge in [-0.15, -0.1) is 0 Å². The van der Waals surface area contributed by atoms with Gasteiger partial charge in [0.05, 0.1) is 6.10 Å². The van der Waals surface area contributed by atoms with Crippen LogP contribution in [0.15, 0.2) is 18.2 Å². The number of ether oxygens (including phenoxy) is 1. The van der Waals surface area contributed by atoms with E-state index in [4.69, 9.17) is 4.74 Å². The van der Waals surface area contributed by atoms with Crippen LogP contribution in [0.1, 0.15) is 31.2 Å². The van der Waals surface area contributed by atoms with Crippen molar-refractivity contribution in [3.05, 3.63) is 29.6 Å². The van der Waals surface area contributed by atoms with E-state index in [1.807, 2.05) is 6.92 Å². The Balaban J connectivity index is 1.70. The smallest absolute Gasteiger partial charge is 0.123 e. The quantitative estimate of drug-likeness (QED) is 0.791. The van der Waals surface area contributed by atoms with Crippen molar-refractivity contribution in [2.75, 3.05) is 18.5 Å².